The molecule has 1 fully saturated rings. The van der Waals surface area contributed by atoms with Gasteiger partial charge in [0.2, 0.25) is 0 Å². The molecule has 156 valence electrons. The molecule has 0 bridgehead atoms. The first-order valence-electron chi connectivity index (χ1n) is 9.29. The molecule has 1 aliphatic rings. The van der Waals surface area contributed by atoms with Crippen LogP contribution in [0.1, 0.15) is 25.7 Å². The first-order valence-corrected chi connectivity index (χ1v) is 11.4. The molecule has 1 aliphatic heterocycles. The van der Waals surface area contributed by atoms with Gasteiger partial charge in [0.25, 0.3) is 11.8 Å². The summed E-state index contributed by atoms with van der Waals surface area (Å²) in [6, 6.07) is 8.28. The Labute approximate surface area is 186 Å². The summed E-state index contributed by atoms with van der Waals surface area (Å²) in [5.74, 6) is -0.581. The first-order chi connectivity index (χ1) is 14.6. The molecule has 10 heteroatoms. The zero-order valence-electron chi connectivity index (χ0n) is 15.9. The molecular formula is C20H19ClN4O3S2. The fraction of sp³-hybridized carbons (Fsp3) is 0.250. The zero-order chi connectivity index (χ0) is 20.9. The summed E-state index contributed by atoms with van der Waals surface area (Å²) in [5, 5.41) is 10.2. The SMILES string of the molecule is O=C(Nc1nc(CN2CCOCC2)cs1)c1ccc(Cl)c(NC(=O)c2cccs2)c1. The van der Waals surface area contributed by atoms with Crippen molar-refractivity contribution < 1.29 is 14.3 Å². The van der Waals surface area contributed by atoms with Gasteiger partial charge in [-0.2, -0.15) is 0 Å². The molecule has 2 amide bonds. The number of benzene rings is 1. The van der Waals surface area contributed by atoms with Crippen molar-refractivity contribution in [2.24, 2.45) is 0 Å². The zero-order valence-corrected chi connectivity index (χ0v) is 18.3. The third-order valence-electron chi connectivity index (χ3n) is 4.48. The summed E-state index contributed by atoms with van der Waals surface area (Å²) in [4.78, 5) is 32.3. The minimum Gasteiger partial charge on any atom is -0.379 e. The van der Waals surface area contributed by atoms with Crippen LogP contribution >= 0.6 is 34.3 Å². The number of thiophene rings is 1. The van der Waals surface area contributed by atoms with Crippen LogP contribution in [-0.2, 0) is 11.3 Å². The van der Waals surface area contributed by atoms with E-state index in [4.69, 9.17) is 16.3 Å². The van der Waals surface area contributed by atoms with Crippen LogP contribution in [0.2, 0.25) is 5.02 Å². The van der Waals surface area contributed by atoms with Crippen LogP contribution < -0.4 is 10.6 Å². The Morgan fingerprint density at radius 3 is 2.73 bits per heavy atom. The number of nitrogens with zero attached hydrogens (tertiary/aromatic N) is 2. The maximum absolute atomic E-state index is 12.7. The number of amides is 2. The third kappa shape index (κ3) is 5.24. The topological polar surface area (TPSA) is 83.6 Å². The van der Waals surface area contributed by atoms with Gasteiger partial charge in [-0.3, -0.25) is 19.8 Å². The Bertz CT molecular complexity index is 1030. The van der Waals surface area contributed by atoms with E-state index in [-0.39, 0.29) is 11.8 Å². The number of halogens is 1. The maximum atomic E-state index is 12.7. The van der Waals surface area contributed by atoms with Crippen LogP contribution in [0.25, 0.3) is 0 Å². The molecule has 0 atom stereocenters. The molecule has 0 radical (unpaired) electrons. The van der Waals surface area contributed by atoms with E-state index >= 15 is 0 Å². The lowest BCUT2D eigenvalue weighted by Crippen LogP contribution is -2.35. The van der Waals surface area contributed by atoms with Crippen molar-refractivity contribution in [3.05, 3.63) is 62.2 Å². The Morgan fingerprint density at radius 1 is 1.13 bits per heavy atom. The van der Waals surface area contributed by atoms with E-state index in [0.717, 1.165) is 38.5 Å². The number of ether oxygens (including phenoxy) is 1. The highest BCUT2D eigenvalue weighted by molar-refractivity contribution is 7.14. The molecule has 3 heterocycles. The number of morpholine rings is 1. The molecule has 0 spiro atoms. The van der Waals surface area contributed by atoms with E-state index in [9.17, 15) is 9.59 Å². The Balaban J connectivity index is 1.40. The second kappa shape index (κ2) is 9.67. The van der Waals surface area contributed by atoms with Gasteiger partial charge in [-0.25, -0.2) is 4.98 Å². The quantitative estimate of drug-likeness (QED) is 0.573. The molecule has 1 saturated heterocycles. The molecule has 2 aromatic heterocycles. The second-order valence-corrected chi connectivity index (χ2v) is 8.83. The number of hydrogen-bond acceptors (Lipinski definition) is 7. The highest BCUT2D eigenvalue weighted by atomic mass is 35.5. The van der Waals surface area contributed by atoms with Crippen molar-refractivity contribution in [3.63, 3.8) is 0 Å². The van der Waals surface area contributed by atoms with Crippen LogP contribution in [0, 0.1) is 0 Å². The number of thiazole rings is 1. The number of carbonyl (C=O) groups excluding carboxylic acids is 2. The number of rotatable bonds is 6. The van der Waals surface area contributed by atoms with Crippen LogP contribution in [0.15, 0.2) is 41.1 Å². The molecule has 2 N–H and O–H groups in total. The Kier molecular flexibility index (Phi) is 6.76. The largest absolute Gasteiger partial charge is 0.379 e. The summed E-state index contributed by atoms with van der Waals surface area (Å²) in [6.45, 7) is 3.95. The van der Waals surface area contributed by atoms with E-state index in [2.05, 4.69) is 20.5 Å². The number of aromatic nitrogens is 1. The number of nitrogens with one attached hydrogen (secondary N) is 2. The summed E-state index contributed by atoms with van der Waals surface area (Å²) < 4.78 is 5.36. The van der Waals surface area contributed by atoms with Gasteiger partial charge < -0.3 is 10.1 Å². The van der Waals surface area contributed by atoms with E-state index < -0.39 is 0 Å². The van der Waals surface area contributed by atoms with Crippen LogP contribution in [0.4, 0.5) is 10.8 Å². The van der Waals surface area contributed by atoms with Crippen molar-refractivity contribution in [1.29, 1.82) is 0 Å². The van der Waals surface area contributed by atoms with Crippen LogP contribution in [0.3, 0.4) is 0 Å². The van der Waals surface area contributed by atoms with E-state index in [0.29, 0.717) is 26.3 Å². The van der Waals surface area contributed by atoms with Crippen LogP contribution in [0.5, 0.6) is 0 Å². The minimum absolute atomic E-state index is 0.267. The van der Waals surface area contributed by atoms with Gasteiger partial charge in [0, 0.05) is 30.6 Å². The monoisotopic (exact) mass is 462 g/mol. The molecule has 30 heavy (non-hydrogen) atoms. The molecule has 0 saturated carbocycles. The van der Waals surface area contributed by atoms with Gasteiger partial charge >= 0.3 is 0 Å². The van der Waals surface area contributed by atoms with Gasteiger partial charge in [0.05, 0.1) is 34.5 Å². The van der Waals surface area contributed by atoms with Crippen molar-refractivity contribution in [1.82, 2.24) is 9.88 Å². The van der Waals surface area contributed by atoms with Gasteiger partial charge in [0.15, 0.2) is 5.13 Å². The number of carbonyl (C=O) groups is 2. The summed E-state index contributed by atoms with van der Waals surface area (Å²) in [5.41, 5.74) is 1.68. The molecule has 3 aromatic rings. The average Bonchev–Trinajstić information content (AvgIpc) is 3.43. The summed E-state index contributed by atoms with van der Waals surface area (Å²) >= 11 is 8.91. The van der Waals surface area contributed by atoms with Crippen molar-refractivity contribution in [3.8, 4) is 0 Å². The van der Waals surface area contributed by atoms with Crippen molar-refractivity contribution in [2.75, 3.05) is 36.9 Å². The maximum Gasteiger partial charge on any atom is 0.265 e. The summed E-state index contributed by atoms with van der Waals surface area (Å²) in [6.07, 6.45) is 0. The Morgan fingerprint density at radius 2 is 1.97 bits per heavy atom. The highest BCUT2D eigenvalue weighted by Crippen LogP contribution is 2.25. The van der Waals surface area contributed by atoms with Gasteiger partial charge in [-0.15, -0.1) is 22.7 Å². The number of anilines is 2. The smallest absolute Gasteiger partial charge is 0.265 e. The fourth-order valence-electron chi connectivity index (χ4n) is 2.95. The number of hydrogen-bond donors (Lipinski definition) is 2. The van der Waals surface area contributed by atoms with E-state index in [1.165, 1.54) is 22.7 Å². The fourth-order valence-corrected chi connectivity index (χ4v) is 4.43. The second-order valence-electron chi connectivity index (χ2n) is 6.61. The predicted molar refractivity (Wildman–Crippen MR) is 120 cm³/mol. The van der Waals surface area contributed by atoms with Crippen molar-refractivity contribution in [2.45, 2.75) is 6.54 Å². The standard InChI is InChI=1S/C20H19ClN4O3S2/c21-15-4-3-13(10-16(15)23-19(27)17-2-1-9-29-17)18(26)24-20-22-14(12-30-20)11-25-5-7-28-8-6-25/h1-4,9-10,12H,5-8,11H2,(H,23,27)(H,22,24,26). The van der Waals surface area contributed by atoms with Gasteiger partial charge in [-0.05, 0) is 29.6 Å². The van der Waals surface area contributed by atoms with Crippen molar-refractivity contribution >= 4 is 56.9 Å². The molecule has 4 rings (SSSR count). The van der Waals surface area contributed by atoms with E-state index in [1.807, 2.05) is 10.8 Å². The predicted octanol–water partition coefficient (Wildman–Crippen LogP) is 4.19. The Hall–Kier alpha value is -2.30. The minimum atomic E-state index is -0.314. The molecule has 1 aromatic carbocycles. The lowest BCUT2D eigenvalue weighted by Gasteiger charge is -2.25. The molecular weight excluding hydrogens is 444 g/mol. The molecule has 0 unspecified atom stereocenters. The lowest BCUT2D eigenvalue weighted by atomic mass is 10.2. The third-order valence-corrected chi connectivity index (χ3v) is 6.49. The van der Waals surface area contributed by atoms with Gasteiger partial charge in [-0.1, -0.05) is 17.7 Å². The van der Waals surface area contributed by atoms with E-state index in [1.54, 1.807) is 30.3 Å². The first kappa shape index (κ1) is 21.0. The van der Waals surface area contributed by atoms with Crippen LogP contribution in [-0.4, -0.2) is 48.0 Å². The van der Waals surface area contributed by atoms with Gasteiger partial charge in [0.1, 0.15) is 0 Å². The normalized spacial score (nSPS) is 14.4. The molecule has 0 aliphatic carbocycles. The summed E-state index contributed by atoms with van der Waals surface area (Å²) in [7, 11) is 0. The highest BCUT2D eigenvalue weighted by Gasteiger charge is 2.16. The lowest BCUT2D eigenvalue weighted by molar-refractivity contribution is 0.0337. The molecule has 7 nitrogen and oxygen atoms in total. The average molecular weight is 463 g/mol.